The summed E-state index contributed by atoms with van der Waals surface area (Å²) in [6.07, 6.45) is -1.47. The summed E-state index contributed by atoms with van der Waals surface area (Å²) in [4.78, 5) is 12.4. The molecular weight excluding hydrogens is 429 g/mol. The Balaban J connectivity index is 1.56. The predicted molar refractivity (Wildman–Crippen MR) is 111 cm³/mol. The van der Waals surface area contributed by atoms with Crippen molar-refractivity contribution in [3.8, 4) is 28.8 Å². The molecule has 1 N–H and O–H groups in total. The van der Waals surface area contributed by atoms with Crippen LogP contribution in [0.25, 0.3) is 11.3 Å². The molecule has 4 rings (SSSR count). The van der Waals surface area contributed by atoms with Gasteiger partial charge in [0.2, 0.25) is 0 Å². The van der Waals surface area contributed by atoms with Crippen LogP contribution in [0.4, 0.5) is 24.0 Å². The largest absolute Gasteiger partial charge is 0.467 e. The van der Waals surface area contributed by atoms with E-state index < -0.39 is 11.7 Å². The third kappa shape index (κ3) is 4.92. The van der Waals surface area contributed by atoms with Crippen LogP contribution in [0.5, 0.6) is 17.5 Å². The van der Waals surface area contributed by atoms with Gasteiger partial charge in [-0.1, -0.05) is 18.2 Å². The number of para-hydroxylation sites is 1. The molecule has 10 heteroatoms. The molecule has 0 fully saturated rings. The van der Waals surface area contributed by atoms with E-state index in [1.165, 1.54) is 30.6 Å². The van der Waals surface area contributed by atoms with E-state index in [2.05, 4.69) is 20.3 Å². The fourth-order valence-electron chi connectivity index (χ4n) is 2.67. The second-order valence-electron chi connectivity index (χ2n) is 6.25. The number of anilines is 2. The van der Waals surface area contributed by atoms with Gasteiger partial charge < -0.3 is 14.8 Å². The van der Waals surface area contributed by atoms with E-state index in [1.54, 1.807) is 48.1 Å². The molecule has 0 saturated heterocycles. The van der Waals surface area contributed by atoms with Crippen molar-refractivity contribution in [1.29, 1.82) is 0 Å². The summed E-state index contributed by atoms with van der Waals surface area (Å²) < 4.78 is 51.2. The minimum Gasteiger partial charge on any atom is -0.467 e. The van der Waals surface area contributed by atoms with Gasteiger partial charge in [0.05, 0.1) is 12.8 Å². The second kappa shape index (κ2) is 8.60. The molecule has 0 aliphatic carbocycles. The molecule has 0 saturated carbocycles. The maximum atomic E-state index is 13.6. The Bertz CT molecular complexity index is 1170. The molecule has 0 radical (unpaired) electrons. The zero-order valence-electron chi connectivity index (χ0n) is 16.1. The lowest BCUT2D eigenvalue weighted by atomic mass is 10.1. The minimum absolute atomic E-state index is 0.231. The highest BCUT2D eigenvalue weighted by Gasteiger charge is 2.35. The number of hydrogen-bond acceptors (Lipinski definition) is 7. The summed E-state index contributed by atoms with van der Waals surface area (Å²) in [6.45, 7) is 0. The average Bonchev–Trinajstić information content (AvgIpc) is 3.23. The maximum absolute atomic E-state index is 13.6. The van der Waals surface area contributed by atoms with Gasteiger partial charge in [-0.15, -0.1) is 11.3 Å². The number of rotatable bonds is 6. The molecule has 0 spiro atoms. The number of alkyl halides is 3. The third-order valence-electron chi connectivity index (χ3n) is 4.12. The van der Waals surface area contributed by atoms with E-state index in [9.17, 15) is 13.2 Å². The molecule has 2 heterocycles. The molecule has 0 amide bonds. The van der Waals surface area contributed by atoms with Gasteiger partial charge in [-0.05, 0) is 30.3 Å². The van der Waals surface area contributed by atoms with E-state index in [0.29, 0.717) is 22.1 Å². The molecule has 0 aliphatic rings. The Hall–Kier alpha value is -3.66. The Morgan fingerprint density at radius 2 is 1.74 bits per heavy atom. The van der Waals surface area contributed by atoms with Gasteiger partial charge in [-0.25, -0.2) is 15.0 Å². The normalized spacial score (nSPS) is 11.2. The first kappa shape index (κ1) is 20.6. The van der Waals surface area contributed by atoms with Crippen molar-refractivity contribution in [1.82, 2.24) is 15.0 Å². The third-order valence-corrected chi connectivity index (χ3v) is 4.88. The van der Waals surface area contributed by atoms with Crippen LogP contribution in [0.3, 0.4) is 0 Å². The molecule has 0 unspecified atom stereocenters. The lowest BCUT2D eigenvalue weighted by molar-refractivity contribution is -0.138. The van der Waals surface area contributed by atoms with Crippen molar-refractivity contribution < 1.29 is 22.6 Å². The Morgan fingerprint density at radius 1 is 1.00 bits per heavy atom. The van der Waals surface area contributed by atoms with E-state index in [4.69, 9.17) is 9.47 Å². The molecule has 31 heavy (non-hydrogen) atoms. The molecule has 6 nitrogen and oxygen atoms in total. The van der Waals surface area contributed by atoms with Gasteiger partial charge >= 0.3 is 12.2 Å². The number of ether oxygens (including phenoxy) is 2. The number of nitrogens with zero attached hydrogens (tertiary/aromatic N) is 3. The topological polar surface area (TPSA) is 69.2 Å². The van der Waals surface area contributed by atoms with Gasteiger partial charge in [0, 0.05) is 29.0 Å². The van der Waals surface area contributed by atoms with E-state index in [-0.39, 0.29) is 17.4 Å². The molecule has 0 aliphatic heterocycles. The molecular formula is C21H15F3N4O2S. The fourth-order valence-corrected chi connectivity index (χ4v) is 3.41. The number of thiazole rings is 1. The minimum atomic E-state index is -4.59. The van der Waals surface area contributed by atoms with Crippen molar-refractivity contribution in [2.24, 2.45) is 0 Å². The zero-order chi connectivity index (χ0) is 21.8. The smallest absolute Gasteiger partial charge is 0.420 e. The first-order valence-electron chi connectivity index (χ1n) is 8.95. The SMILES string of the molecule is COc1ncc(-c2csc(Nc3ccc(Oc4ccccc4)c(C(F)(F)F)c3)n2)cn1. The van der Waals surface area contributed by atoms with Gasteiger partial charge in [0.1, 0.15) is 17.1 Å². The van der Waals surface area contributed by atoms with Crippen molar-refractivity contribution in [2.75, 3.05) is 12.4 Å². The van der Waals surface area contributed by atoms with Gasteiger partial charge in [-0.3, -0.25) is 0 Å². The van der Waals surface area contributed by atoms with Crippen LogP contribution in [0.1, 0.15) is 5.56 Å². The summed E-state index contributed by atoms with van der Waals surface area (Å²) in [5.74, 6) is 0.0412. The zero-order valence-corrected chi connectivity index (χ0v) is 16.9. The highest BCUT2D eigenvalue weighted by atomic mass is 32.1. The van der Waals surface area contributed by atoms with Crippen LogP contribution in [-0.2, 0) is 6.18 Å². The summed E-state index contributed by atoms with van der Waals surface area (Å²) in [5.41, 5.74) is 0.601. The summed E-state index contributed by atoms with van der Waals surface area (Å²) >= 11 is 1.25. The second-order valence-corrected chi connectivity index (χ2v) is 7.10. The van der Waals surface area contributed by atoms with Crippen LogP contribution < -0.4 is 14.8 Å². The number of methoxy groups -OCH3 is 1. The summed E-state index contributed by atoms with van der Waals surface area (Å²) in [6, 6.07) is 12.3. The number of benzene rings is 2. The van der Waals surface area contributed by atoms with Crippen LogP contribution in [-0.4, -0.2) is 22.1 Å². The standard InChI is InChI=1S/C21H15F3N4O2S/c1-29-19-25-10-13(11-26-19)17-12-31-20(28-17)27-14-7-8-18(16(9-14)21(22,23)24)30-15-5-3-2-4-6-15/h2-12H,1H3,(H,27,28). The van der Waals surface area contributed by atoms with Crippen molar-refractivity contribution in [3.63, 3.8) is 0 Å². The van der Waals surface area contributed by atoms with E-state index >= 15 is 0 Å². The number of hydrogen-bond donors (Lipinski definition) is 1. The van der Waals surface area contributed by atoms with Crippen molar-refractivity contribution in [2.45, 2.75) is 6.18 Å². The van der Waals surface area contributed by atoms with Gasteiger partial charge in [-0.2, -0.15) is 13.2 Å². The number of halogens is 3. The van der Waals surface area contributed by atoms with E-state index in [1.807, 2.05) is 0 Å². The summed E-state index contributed by atoms with van der Waals surface area (Å²) in [7, 11) is 1.46. The molecule has 2 aromatic heterocycles. The van der Waals surface area contributed by atoms with Crippen molar-refractivity contribution >= 4 is 22.2 Å². The van der Waals surface area contributed by atoms with Crippen LogP contribution in [0.15, 0.2) is 66.3 Å². The quantitative estimate of drug-likeness (QED) is 0.384. The lowest BCUT2D eigenvalue weighted by Gasteiger charge is -2.15. The maximum Gasteiger partial charge on any atom is 0.420 e. The highest BCUT2D eigenvalue weighted by Crippen LogP contribution is 2.40. The Morgan fingerprint density at radius 3 is 2.42 bits per heavy atom. The molecule has 158 valence electrons. The monoisotopic (exact) mass is 444 g/mol. The van der Waals surface area contributed by atoms with E-state index in [0.717, 1.165) is 6.07 Å². The average molecular weight is 444 g/mol. The van der Waals surface area contributed by atoms with Crippen LogP contribution in [0.2, 0.25) is 0 Å². The Labute approximate surface area is 179 Å². The van der Waals surface area contributed by atoms with Crippen LogP contribution >= 0.6 is 11.3 Å². The Kier molecular flexibility index (Phi) is 5.72. The molecule has 0 bridgehead atoms. The van der Waals surface area contributed by atoms with Crippen LogP contribution in [0, 0.1) is 0 Å². The summed E-state index contributed by atoms with van der Waals surface area (Å²) in [5, 5.41) is 5.09. The number of aromatic nitrogens is 3. The van der Waals surface area contributed by atoms with Gasteiger partial charge in [0.15, 0.2) is 5.13 Å². The lowest BCUT2D eigenvalue weighted by Crippen LogP contribution is -2.08. The first-order valence-corrected chi connectivity index (χ1v) is 9.83. The first-order chi connectivity index (χ1) is 14.9. The van der Waals surface area contributed by atoms with Crippen molar-refractivity contribution in [3.05, 3.63) is 71.9 Å². The number of nitrogens with one attached hydrogen (secondary N) is 1. The highest BCUT2D eigenvalue weighted by molar-refractivity contribution is 7.14. The fraction of sp³-hybridized carbons (Fsp3) is 0.0952. The molecule has 0 atom stereocenters. The molecule has 4 aromatic rings. The predicted octanol–water partition coefficient (Wildman–Crippen LogP) is 6.16. The molecule has 2 aromatic carbocycles. The van der Waals surface area contributed by atoms with Gasteiger partial charge in [0.25, 0.3) is 0 Å².